The van der Waals surface area contributed by atoms with Crippen molar-refractivity contribution in [2.24, 2.45) is 0 Å². The van der Waals surface area contributed by atoms with E-state index in [2.05, 4.69) is 58.1 Å². The van der Waals surface area contributed by atoms with Crippen molar-refractivity contribution in [3.05, 3.63) is 28.2 Å². The van der Waals surface area contributed by atoms with Gasteiger partial charge in [0.05, 0.1) is 5.60 Å². The van der Waals surface area contributed by atoms with Crippen molar-refractivity contribution < 1.29 is 4.74 Å². The van der Waals surface area contributed by atoms with E-state index in [9.17, 15) is 0 Å². The van der Waals surface area contributed by atoms with E-state index in [0.29, 0.717) is 6.04 Å². The number of rotatable bonds is 2. The fourth-order valence-corrected chi connectivity index (χ4v) is 4.83. The van der Waals surface area contributed by atoms with Gasteiger partial charge in [-0.15, -0.1) is 0 Å². The predicted molar refractivity (Wildman–Crippen MR) is 90.8 cm³/mol. The second-order valence-corrected chi connectivity index (χ2v) is 7.97. The van der Waals surface area contributed by atoms with Gasteiger partial charge in [0.1, 0.15) is 0 Å². The first kappa shape index (κ1) is 14.7. The Morgan fingerprint density at radius 3 is 2.95 bits per heavy atom. The van der Waals surface area contributed by atoms with Gasteiger partial charge in [-0.3, -0.25) is 0 Å². The van der Waals surface area contributed by atoms with E-state index in [1.165, 1.54) is 40.1 Å². The summed E-state index contributed by atoms with van der Waals surface area (Å²) in [5.74, 6) is 2.51. The maximum absolute atomic E-state index is 6.17. The molecule has 1 unspecified atom stereocenters. The smallest absolute Gasteiger partial charge is 0.0717 e. The lowest BCUT2D eigenvalue weighted by Crippen LogP contribution is -2.46. The molecule has 1 aromatic carbocycles. The van der Waals surface area contributed by atoms with Crippen LogP contribution in [0.4, 0.5) is 5.69 Å². The van der Waals surface area contributed by atoms with Gasteiger partial charge in [0.15, 0.2) is 0 Å². The molecule has 0 amide bonds. The lowest BCUT2D eigenvalue weighted by molar-refractivity contribution is -0.0865. The summed E-state index contributed by atoms with van der Waals surface area (Å²) in [6.45, 7) is 3.06. The largest absolute Gasteiger partial charge is 0.382 e. The summed E-state index contributed by atoms with van der Waals surface area (Å²) >= 11 is 5.68. The molecule has 2 aliphatic rings. The van der Waals surface area contributed by atoms with Gasteiger partial charge in [0.2, 0.25) is 0 Å². The highest BCUT2D eigenvalue weighted by Crippen LogP contribution is 2.38. The second kappa shape index (κ2) is 6.29. The maximum atomic E-state index is 6.17. The van der Waals surface area contributed by atoms with Crippen LogP contribution in [0.5, 0.6) is 0 Å². The third kappa shape index (κ3) is 3.18. The third-order valence-electron chi connectivity index (χ3n) is 4.52. The van der Waals surface area contributed by atoms with E-state index in [-0.39, 0.29) is 5.60 Å². The number of hydrogen-bond acceptors (Lipinski definition) is 3. The van der Waals surface area contributed by atoms with Crippen molar-refractivity contribution in [2.45, 2.75) is 44.2 Å². The Hall–Kier alpha value is -0.190. The fourth-order valence-electron chi connectivity index (χ4n) is 3.23. The van der Waals surface area contributed by atoms with E-state index in [0.717, 1.165) is 19.4 Å². The molecule has 0 radical (unpaired) electrons. The normalized spacial score (nSPS) is 25.6. The van der Waals surface area contributed by atoms with Gasteiger partial charge >= 0.3 is 0 Å². The minimum Gasteiger partial charge on any atom is -0.382 e. The van der Waals surface area contributed by atoms with Crippen LogP contribution in [0.25, 0.3) is 0 Å². The Bertz CT molecular complexity index is 468. The van der Waals surface area contributed by atoms with Gasteiger partial charge in [0, 0.05) is 22.8 Å². The van der Waals surface area contributed by atoms with Gasteiger partial charge in [-0.25, -0.2) is 0 Å². The first-order chi connectivity index (χ1) is 9.69. The van der Waals surface area contributed by atoms with E-state index in [1.54, 1.807) is 0 Å². The Morgan fingerprint density at radius 1 is 1.35 bits per heavy atom. The number of benzene rings is 1. The van der Waals surface area contributed by atoms with Crippen LogP contribution >= 0.6 is 27.7 Å². The molecule has 0 bridgehead atoms. The monoisotopic (exact) mass is 355 g/mol. The van der Waals surface area contributed by atoms with Crippen LogP contribution < -0.4 is 5.32 Å². The lowest BCUT2D eigenvalue weighted by atomic mass is 9.85. The summed E-state index contributed by atoms with van der Waals surface area (Å²) in [6.07, 6.45) is 4.70. The minimum atomic E-state index is 0.154. The molecule has 2 fully saturated rings. The van der Waals surface area contributed by atoms with Crippen LogP contribution in [-0.4, -0.2) is 29.8 Å². The fraction of sp³-hybridized carbons (Fsp3) is 0.625. The lowest BCUT2D eigenvalue weighted by Gasteiger charge is -2.43. The summed E-state index contributed by atoms with van der Waals surface area (Å²) in [5.41, 5.74) is 2.71. The van der Waals surface area contributed by atoms with E-state index >= 15 is 0 Å². The van der Waals surface area contributed by atoms with Gasteiger partial charge in [-0.05, 0) is 61.8 Å². The first-order valence-corrected chi connectivity index (χ1v) is 9.37. The van der Waals surface area contributed by atoms with Crippen LogP contribution in [0.2, 0.25) is 0 Å². The summed E-state index contributed by atoms with van der Waals surface area (Å²) in [4.78, 5) is 0. The zero-order chi connectivity index (χ0) is 14.0. The molecule has 3 rings (SSSR count). The van der Waals surface area contributed by atoms with Crippen LogP contribution in [0.3, 0.4) is 0 Å². The molecule has 2 saturated heterocycles. The molecular weight excluding hydrogens is 334 g/mol. The molecule has 1 aromatic rings. The number of anilines is 1. The van der Waals surface area contributed by atoms with Crippen molar-refractivity contribution >= 4 is 33.4 Å². The van der Waals surface area contributed by atoms with Crippen molar-refractivity contribution in [1.82, 2.24) is 0 Å². The summed E-state index contributed by atoms with van der Waals surface area (Å²) in [5, 5.41) is 3.74. The quantitative estimate of drug-likeness (QED) is 0.836. The molecule has 0 aliphatic carbocycles. The van der Waals surface area contributed by atoms with Crippen LogP contribution in [-0.2, 0) is 4.74 Å². The predicted octanol–water partition coefficient (Wildman–Crippen LogP) is 4.61. The Balaban J connectivity index is 1.69. The molecule has 2 heterocycles. The number of halogens is 1. The van der Waals surface area contributed by atoms with Crippen LogP contribution in [0, 0.1) is 6.92 Å². The van der Waals surface area contributed by atoms with Gasteiger partial charge in [-0.1, -0.05) is 22.0 Å². The molecule has 20 heavy (non-hydrogen) atoms. The SMILES string of the molecule is Cc1c(Br)cccc1NC1CCOC2(CCSCC2)C1. The van der Waals surface area contributed by atoms with Crippen LogP contribution in [0.15, 0.2) is 22.7 Å². The standard InChI is InChI=1S/C16H22BrNOS/c1-12-14(17)3-2-4-15(12)18-13-5-8-19-16(11-13)6-9-20-10-7-16/h2-4,13,18H,5-11H2,1H3. The summed E-state index contributed by atoms with van der Waals surface area (Å²) in [7, 11) is 0. The van der Waals surface area contributed by atoms with E-state index in [1.807, 2.05) is 0 Å². The van der Waals surface area contributed by atoms with Crippen molar-refractivity contribution in [2.75, 3.05) is 23.4 Å². The highest BCUT2D eigenvalue weighted by Gasteiger charge is 2.38. The number of ether oxygens (including phenoxy) is 1. The summed E-state index contributed by atoms with van der Waals surface area (Å²) < 4.78 is 7.34. The highest BCUT2D eigenvalue weighted by molar-refractivity contribution is 9.10. The Kier molecular flexibility index (Phi) is 4.63. The second-order valence-electron chi connectivity index (χ2n) is 5.89. The minimum absolute atomic E-state index is 0.154. The average molecular weight is 356 g/mol. The van der Waals surface area contributed by atoms with Gasteiger partial charge in [0.25, 0.3) is 0 Å². The summed E-state index contributed by atoms with van der Waals surface area (Å²) in [6, 6.07) is 6.93. The van der Waals surface area contributed by atoms with Crippen molar-refractivity contribution in [1.29, 1.82) is 0 Å². The number of thioether (sulfide) groups is 1. The molecule has 0 aromatic heterocycles. The van der Waals surface area contributed by atoms with Crippen molar-refractivity contribution in [3.63, 3.8) is 0 Å². The van der Waals surface area contributed by atoms with Crippen molar-refractivity contribution in [3.8, 4) is 0 Å². The molecule has 1 atom stereocenters. The maximum Gasteiger partial charge on any atom is 0.0717 e. The van der Waals surface area contributed by atoms with Gasteiger partial charge in [-0.2, -0.15) is 11.8 Å². The zero-order valence-electron chi connectivity index (χ0n) is 12.0. The molecule has 1 N–H and O–H groups in total. The Labute approximate surface area is 134 Å². The van der Waals surface area contributed by atoms with E-state index in [4.69, 9.17) is 4.74 Å². The first-order valence-electron chi connectivity index (χ1n) is 7.42. The molecule has 2 nitrogen and oxygen atoms in total. The Morgan fingerprint density at radius 2 is 2.15 bits per heavy atom. The van der Waals surface area contributed by atoms with E-state index < -0.39 is 0 Å². The third-order valence-corrected chi connectivity index (χ3v) is 6.37. The molecule has 110 valence electrons. The molecular formula is C16H22BrNOS. The molecule has 4 heteroatoms. The number of hydrogen-bond donors (Lipinski definition) is 1. The molecule has 1 spiro atoms. The number of nitrogens with one attached hydrogen (secondary N) is 1. The topological polar surface area (TPSA) is 21.3 Å². The zero-order valence-corrected chi connectivity index (χ0v) is 14.4. The molecule has 0 saturated carbocycles. The average Bonchev–Trinajstić information content (AvgIpc) is 2.45. The van der Waals surface area contributed by atoms with Gasteiger partial charge < -0.3 is 10.1 Å². The molecule has 2 aliphatic heterocycles. The highest BCUT2D eigenvalue weighted by atomic mass is 79.9. The van der Waals surface area contributed by atoms with Crippen LogP contribution in [0.1, 0.15) is 31.2 Å².